The van der Waals surface area contributed by atoms with Crippen LogP contribution in [0.1, 0.15) is 25.7 Å². The molecule has 8 nitrogen and oxygen atoms in total. The summed E-state index contributed by atoms with van der Waals surface area (Å²) in [6.07, 6.45) is 1.79. The zero-order chi connectivity index (χ0) is 22.8. The second kappa shape index (κ2) is 6.66. The molecule has 1 saturated heterocycles. The number of fused-ring (bicyclic) bond motifs is 2. The molecule has 0 aromatic carbocycles. The van der Waals surface area contributed by atoms with E-state index >= 15 is 0 Å². The van der Waals surface area contributed by atoms with Crippen molar-refractivity contribution in [1.29, 1.82) is 0 Å². The Balaban J connectivity index is 1.68. The SMILES string of the molecule is CO[C@H]1[C@@H]2C[C@@H]3[C@H]1[C@](O)(C[C@@H]2OC)[C@@]1(O)[C@@H](OC)[C@@H]2[C@@]4(CO)CC[C@H](OC)[C@@]32[C@@H]1N(C)C4. The molecule has 5 aliphatic carbocycles. The molecule has 8 heteroatoms. The molecule has 1 aliphatic heterocycles. The number of hydrogen-bond acceptors (Lipinski definition) is 8. The third-order valence-electron chi connectivity index (χ3n) is 11.3. The van der Waals surface area contributed by atoms with Gasteiger partial charge in [-0.25, -0.2) is 0 Å². The lowest BCUT2D eigenvalue weighted by Gasteiger charge is -2.69. The summed E-state index contributed by atoms with van der Waals surface area (Å²) in [5.41, 5.74) is -3.79. The fraction of sp³-hybridized carbons (Fsp3) is 1.00. The van der Waals surface area contributed by atoms with Crippen molar-refractivity contribution in [3.8, 4) is 0 Å². The Morgan fingerprint density at radius 3 is 2.38 bits per heavy atom. The van der Waals surface area contributed by atoms with E-state index in [-0.39, 0.29) is 54.6 Å². The van der Waals surface area contributed by atoms with Gasteiger partial charge in [0.2, 0.25) is 0 Å². The fourth-order valence-electron chi connectivity index (χ4n) is 10.9. The molecule has 1 spiro atoms. The van der Waals surface area contributed by atoms with E-state index in [1.807, 2.05) is 7.05 Å². The van der Waals surface area contributed by atoms with Crippen LogP contribution in [-0.4, -0.2) is 111 Å². The third-order valence-corrected chi connectivity index (χ3v) is 11.3. The standard InChI is InChI=1S/C24H39NO7/c1-25-10-21(11-26)7-6-15(30-3)23-13-8-12-14(29-2)9-22(27,16(13)17(12)31-4)24(28,20(23)25)19(32-5)18(21)23/h12-20,26-28H,6-11H2,1-5H3/t12-,13-,14+,15+,16-,17+,18-,19+,20+,21+,22-,23+,24-/m1/s1. The van der Waals surface area contributed by atoms with E-state index in [0.29, 0.717) is 13.0 Å². The van der Waals surface area contributed by atoms with E-state index < -0.39 is 28.1 Å². The first kappa shape index (κ1) is 22.2. The summed E-state index contributed by atoms with van der Waals surface area (Å²) in [5.74, 6) is -0.0947. The number of nitrogens with zero attached hydrogens (tertiary/aromatic N) is 1. The minimum absolute atomic E-state index is 0.0382. The smallest absolute Gasteiger partial charge is 0.136 e. The molecule has 6 rings (SSSR count). The Morgan fingerprint density at radius 1 is 1.03 bits per heavy atom. The predicted octanol–water partition coefficient (Wildman–Crippen LogP) is -0.119. The van der Waals surface area contributed by atoms with E-state index in [1.54, 1.807) is 28.4 Å². The van der Waals surface area contributed by atoms with Crippen LogP contribution in [0.3, 0.4) is 0 Å². The van der Waals surface area contributed by atoms with Crippen molar-refractivity contribution in [3.05, 3.63) is 0 Å². The second-order valence-electron chi connectivity index (χ2n) is 11.7. The predicted molar refractivity (Wildman–Crippen MR) is 114 cm³/mol. The van der Waals surface area contributed by atoms with Gasteiger partial charge in [0.05, 0.1) is 37.1 Å². The molecule has 0 aromatic heterocycles. The van der Waals surface area contributed by atoms with Gasteiger partial charge >= 0.3 is 0 Å². The highest BCUT2D eigenvalue weighted by atomic mass is 16.5. The normalized spacial score (nSPS) is 62.4. The summed E-state index contributed by atoms with van der Waals surface area (Å²) < 4.78 is 24.4. The molecule has 13 atom stereocenters. The zero-order valence-corrected chi connectivity index (χ0v) is 19.9. The van der Waals surface area contributed by atoms with Crippen LogP contribution < -0.4 is 0 Å². The minimum Gasteiger partial charge on any atom is -0.396 e. The molecular formula is C24H39NO7. The van der Waals surface area contributed by atoms with Crippen molar-refractivity contribution in [2.24, 2.45) is 34.5 Å². The molecule has 0 radical (unpaired) electrons. The second-order valence-corrected chi connectivity index (χ2v) is 11.7. The Labute approximate surface area is 190 Å². The molecule has 182 valence electrons. The fourth-order valence-corrected chi connectivity index (χ4v) is 10.9. The van der Waals surface area contributed by atoms with E-state index in [2.05, 4.69) is 4.90 Å². The maximum Gasteiger partial charge on any atom is 0.136 e. The highest BCUT2D eigenvalue weighted by Gasteiger charge is 2.91. The molecule has 6 aliphatic rings. The van der Waals surface area contributed by atoms with Gasteiger partial charge in [-0.05, 0) is 32.2 Å². The van der Waals surface area contributed by atoms with Crippen molar-refractivity contribution < 1.29 is 34.3 Å². The van der Waals surface area contributed by atoms with Crippen molar-refractivity contribution in [3.63, 3.8) is 0 Å². The largest absolute Gasteiger partial charge is 0.396 e. The minimum atomic E-state index is -1.52. The highest BCUT2D eigenvalue weighted by molar-refractivity contribution is 5.41. The lowest BCUT2D eigenvalue weighted by atomic mass is 9.42. The van der Waals surface area contributed by atoms with Gasteiger partial charge < -0.3 is 34.3 Å². The monoisotopic (exact) mass is 453 g/mol. The maximum absolute atomic E-state index is 12.8. The number of aliphatic hydroxyl groups excluding tert-OH is 1. The van der Waals surface area contributed by atoms with Crippen LogP contribution in [0.4, 0.5) is 0 Å². The summed E-state index contributed by atoms with van der Waals surface area (Å²) in [7, 11) is 8.85. The first-order valence-corrected chi connectivity index (χ1v) is 12.1. The number of likely N-dealkylation sites (N-methyl/N-ethyl adjacent to an activating group) is 1. The number of rotatable bonds is 5. The number of methoxy groups -OCH3 is 4. The number of ether oxygens (including phenoxy) is 4. The maximum atomic E-state index is 12.8. The van der Waals surface area contributed by atoms with Crippen molar-refractivity contribution in [2.45, 2.75) is 67.3 Å². The molecule has 5 saturated carbocycles. The van der Waals surface area contributed by atoms with Crippen LogP contribution in [-0.2, 0) is 18.9 Å². The van der Waals surface area contributed by atoms with Crippen molar-refractivity contribution >= 4 is 0 Å². The number of hydrogen-bond donors (Lipinski definition) is 3. The number of piperidine rings is 1. The first-order chi connectivity index (χ1) is 15.3. The van der Waals surface area contributed by atoms with Crippen LogP contribution in [0.15, 0.2) is 0 Å². The molecule has 6 fully saturated rings. The summed E-state index contributed by atoms with van der Waals surface area (Å²) >= 11 is 0. The topological polar surface area (TPSA) is 101 Å². The summed E-state index contributed by atoms with van der Waals surface area (Å²) in [4.78, 5) is 2.21. The molecule has 0 aromatic rings. The average Bonchev–Trinajstić information content (AvgIpc) is 3.21. The molecular weight excluding hydrogens is 414 g/mol. The molecule has 32 heavy (non-hydrogen) atoms. The van der Waals surface area contributed by atoms with Crippen LogP contribution in [0.5, 0.6) is 0 Å². The molecule has 7 bridgehead atoms. The first-order valence-electron chi connectivity index (χ1n) is 12.1. The third kappa shape index (κ3) is 1.96. The summed E-state index contributed by atoms with van der Waals surface area (Å²) in [6, 6.07) is -0.326. The van der Waals surface area contributed by atoms with E-state index in [0.717, 1.165) is 19.3 Å². The van der Waals surface area contributed by atoms with Gasteiger partial charge in [0, 0.05) is 70.0 Å². The number of likely N-dealkylation sites (tertiary alicyclic amines) is 1. The quantitative estimate of drug-likeness (QED) is 0.530. The Morgan fingerprint density at radius 2 is 1.78 bits per heavy atom. The Kier molecular flexibility index (Phi) is 4.62. The summed E-state index contributed by atoms with van der Waals surface area (Å²) in [5, 5.41) is 36.3. The van der Waals surface area contributed by atoms with Gasteiger partial charge in [-0.15, -0.1) is 0 Å². The van der Waals surface area contributed by atoms with Gasteiger partial charge in [-0.3, -0.25) is 4.90 Å². The lowest BCUT2D eigenvalue weighted by molar-refractivity contribution is -0.318. The molecule has 0 amide bonds. The zero-order valence-electron chi connectivity index (χ0n) is 19.9. The van der Waals surface area contributed by atoms with Crippen molar-refractivity contribution in [1.82, 2.24) is 4.90 Å². The average molecular weight is 454 g/mol. The highest BCUT2D eigenvalue weighted by Crippen LogP contribution is 2.80. The van der Waals surface area contributed by atoms with Crippen LogP contribution in [0.25, 0.3) is 0 Å². The van der Waals surface area contributed by atoms with Crippen molar-refractivity contribution in [2.75, 3.05) is 48.6 Å². The van der Waals surface area contributed by atoms with Crippen LogP contribution in [0.2, 0.25) is 0 Å². The van der Waals surface area contributed by atoms with E-state index in [1.165, 1.54) is 0 Å². The van der Waals surface area contributed by atoms with Gasteiger partial charge in [-0.1, -0.05) is 0 Å². The van der Waals surface area contributed by atoms with Gasteiger partial charge in [-0.2, -0.15) is 0 Å². The van der Waals surface area contributed by atoms with Gasteiger partial charge in [0.15, 0.2) is 0 Å². The van der Waals surface area contributed by atoms with E-state index in [9.17, 15) is 15.3 Å². The molecule has 1 heterocycles. The lowest BCUT2D eigenvalue weighted by Crippen LogP contribution is -2.81. The van der Waals surface area contributed by atoms with Crippen LogP contribution >= 0.6 is 0 Å². The van der Waals surface area contributed by atoms with E-state index in [4.69, 9.17) is 18.9 Å². The van der Waals surface area contributed by atoms with Gasteiger partial charge in [0.1, 0.15) is 11.2 Å². The summed E-state index contributed by atoms with van der Waals surface area (Å²) in [6.45, 7) is 0.716. The Hall–Kier alpha value is -0.320. The van der Waals surface area contributed by atoms with Gasteiger partial charge in [0.25, 0.3) is 0 Å². The van der Waals surface area contributed by atoms with Crippen LogP contribution in [0, 0.1) is 34.5 Å². The Bertz CT molecular complexity index is 798. The molecule has 3 N–H and O–H groups in total. The molecule has 0 unspecified atom stereocenters. The number of aliphatic hydroxyl groups is 3.